The summed E-state index contributed by atoms with van der Waals surface area (Å²) in [5, 5.41) is 8.52. The van der Waals surface area contributed by atoms with E-state index in [-0.39, 0.29) is 11.8 Å². The monoisotopic (exact) mass is 211 g/mol. The van der Waals surface area contributed by atoms with Crippen LogP contribution in [0.2, 0.25) is 0 Å². The van der Waals surface area contributed by atoms with Gasteiger partial charge in [0.15, 0.2) is 5.13 Å². The van der Waals surface area contributed by atoms with Gasteiger partial charge in [0.2, 0.25) is 5.91 Å². The van der Waals surface area contributed by atoms with Crippen LogP contribution in [0.4, 0.5) is 5.13 Å². The van der Waals surface area contributed by atoms with Crippen molar-refractivity contribution in [3.05, 3.63) is 11.6 Å². The molecule has 1 aliphatic heterocycles. The predicted octanol–water partition coefficient (Wildman–Crippen LogP) is 0.937. The number of hydrogen-bond donors (Lipinski definition) is 2. The molecule has 14 heavy (non-hydrogen) atoms. The fraction of sp³-hybridized carbons (Fsp3) is 0.556. The lowest BCUT2D eigenvalue weighted by Gasteiger charge is -2.31. The maximum absolute atomic E-state index is 11.7. The van der Waals surface area contributed by atoms with Crippen molar-refractivity contribution in [1.82, 2.24) is 10.3 Å². The van der Waals surface area contributed by atoms with E-state index >= 15 is 0 Å². The first kappa shape index (κ1) is 9.61. The Bertz CT molecular complexity index is 308. The highest BCUT2D eigenvalue weighted by atomic mass is 32.1. The van der Waals surface area contributed by atoms with Crippen molar-refractivity contribution in [2.75, 3.05) is 18.4 Å². The number of hydrogen-bond acceptors (Lipinski definition) is 4. The second kappa shape index (κ2) is 4.06. The number of nitrogens with zero attached hydrogens (tertiary/aromatic N) is 1. The smallest absolute Gasteiger partial charge is 0.229 e. The Morgan fingerprint density at radius 3 is 3.07 bits per heavy atom. The van der Waals surface area contributed by atoms with Crippen LogP contribution in [0.5, 0.6) is 0 Å². The molecule has 1 atom stereocenters. The van der Waals surface area contributed by atoms with Crippen molar-refractivity contribution in [3.8, 4) is 0 Å². The van der Waals surface area contributed by atoms with Crippen LogP contribution in [-0.2, 0) is 4.79 Å². The SMILES string of the molecule is CC(C(=O)Nc1nccs1)C1CNC1. The average molecular weight is 211 g/mol. The molecule has 76 valence electrons. The van der Waals surface area contributed by atoms with Crippen molar-refractivity contribution in [1.29, 1.82) is 0 Å². The molecule has 4 nitrogen and oxygen atoms in total. The van der Waals surface area contributed by atoms with Gasteiger partial charge in [-0.15, -0.1) is 11.3 Å². The summed E-state index contributed by atoms with van der Waals surface area (Å²) in [5.74, 6) is 0.626. The number of thiazole rings is 1. The van der Waals surface area contributed by atoms with E-state index in [0.717, 1.165) is 13.1 Å². The maximum atomic E-state index is 11.7. The van der Waals surface area contributed by atoms with Gasteiger partial charge in [0.1, 0.15) is 0 Å². The molecule has 1 saturated heterocycles. The largest absolute Gasteiger partial charge is 0.316 e. The topological polar surface area (TPSA) is 54.0 Å². The van der Waals surface area contributed by atoms with E-state index in [1.165, 1.54) is 11.3 Å². The molecule has 1 unspecified atom stereocenters. The molecule has 0 spiro atoms. The van der Waals surface area contributed by atoms with Gasteiger partial charge in [0, 0.05) is 17.5 Å². The highest BCUT2D eigenvalue weighted by Gasteiger charge is 2.28. The molecule has 0 radical (unpaired) electrons. The molecule has 2 heterocycles. The quantitative estimate of drug-likeness (QED) is 0.782. The summed E-state index contributed by atoms with van der Waals surface area (Å²) in [7, 11) is 0. The number of nitrogens with one attached hydrogen (secondary N) is 2. The van der Waals surface area contributed by atoms with Crippen molar-refractivity contribution in [3.63, 3.8) is 0 Å². The number of carbonyl (C=O) groups excluding carboxylic acids is 1. The van der Waals surface area contributed by atoms with Gasteiger partial charge in [-0.25, -0.2) is 4.98 Å². The standard InChI is InChI=1S/C9H13N3OS/c1-6(7-4-10-5-7)8(13)12-9-11-2-3-14-9/h2-3,6-7,10H,4-5H2,1H3,(H,11,12,13). The third-order valence-corrected chi connectivity index (χ3v) is 3.28. The summed E-state index contributed by atoms with van der Waals surface area (Å²) < 4.78 is 0. The molecule has 1 aromatic rings. The van der Waals surface area contributed by atoms with Crippen LogP contribution >= 0.6 is 11.3 Å². The Kier molecular flexibility index (Phi) is 2.79. The molecular weight excluding hydrogens is 198 g/mol. The van der Waals surface area contributed by atoms with E-state index in [4.69, 9.17) is 0 Å². The highest BCUT2D eigenvalue weighted by molar-refractivity contribution is 7.13. The fourth-order valence-electron chi connectivity index (χ4n) is 1.38. The van der Waals surface area contributed by atoms with E-state index in [0.29, 0.717) is 11.0 Å². The van der Waals surface area contributed by atoms with Crippen LogP contribution in [0.1, 0.15) is 6.92 Å². The van der Waals surface area contributed by atoms with E-state index in [1.54, 1.807) is 6.20 Å². The minimum atomic E-state index is 0.0696. The summed E-state index contributed by atoms with van der Waals surface area (Å²) in [6.45, 7) is 3.87. The van der Waals surface area contributed by atoms with E-state index < -0.39 is 0 Å². The second-order valence-corrected chi connectivity index (χ2v) is 4.43. The molecule has 2 N–H and O–H groups in total. The molecule has 1 fully saturated rings. The first-order chi connectivity index (χ1) is 6.77. The Morgan fingerprint density at radius 1 is 1.79 bits per heavy atom. The van der Waals surface area contributed by atoms with Gasteiger partial charge in [-0.3, -0.25) is 4.79 Å². The van der Waals surface area contributed by atoms with Crippen molar-refractivity contribution >= 4 is 22.4 Å². The van der Waals surface area contributed by atoms with Crippen LogP contribution in [0.3, 0.4) is 0 Å². The van der Waals surface area contributed by atoms with Crippen LogP contribution in [0, 0.1) is 11.8 Å². The van der Waals surface area contributed by atoms with Crippen LogP contribution in [-0.4, -0.2) is 24.0 Å². The molecule has 5 heteroatoms. The number of aromatic nitrogens is 1. The zero-order valence-corrected chi connectivity index (χ0v) is 8.80. The van der Waals surface area contributed by atoms with Gasteiger partial charge in [0.05, 0.1) is 0 Å². The van der Waals surface area contributed by atoms with E-state index in [9.17, 15) is 4.79 Å². The summed E-state index contributed by atoms with van der Waals surface area (Å²) in [6, 6.07) is 0. The molecule has 0 saturated carbocycles. The molecule has 0 aliphatic carbocycles. The van der Waals surface area contributed by atoms with Crippen LogP contribution in [0.25, 0.3) is 0 Å². The molecule has 1 aliphatic rings. The molecule has 2 rings (SSSR count). The second-order valence-electron chi connectivity index (χ2n) is 3.53. The minimum Gasteiger partial charge on any atom is -0.316 e. The van der Waals surface area contributed by atoms with Gasteiger partial charge in [-0.1, -0.05) is 6.92 Å². The van der Waals surface area contributed by atoms with Gasteiger partial charge in [0.25, 0.3) is 0 Å². The lowest BCUT2D eigenvalue weighted by Crippen LogP contribution is -2.48. The Hall–Kier alpha value is -0.940. The summed E-state index contributed by atoms with van der Waals surface area (Å²) in [6.07, 6.45) is 1.69. The van der Waals surface area contributed by atoms with Gasteiger partial charge >= 0.3 is 0 Å². The van der Waals surface area contributed by atoms with Crippen molar-refractivity contribution < 1.29 is 4.79 Å². The maximum Gasteiger partial charge on any atom is 0.229 e. The third kappa shape index (κ3) is 1.93. The van der Waals surface area contributed by atoms with Gasteiger partial charge in [-0.05, 0) is 19.0 Å². The lowest BCUT2D eigenvalue weighted by atomic mass is 9.88. The van der Waals surface area contributed by atoms with Crippen molar-refractivity contribution in [2.45, 2.75) is 6.92 Å². The number of amides is 1. The van der Waals surface area contributed by atoms with Crippen LogP contribution in [0.15, 0.2) is 11.6 Å². The molecule has 0 aromatic carbocycles. The van der Waals surface area contributed by atoms with Gasteiger partial charge in [-0.2, -0.15) is 0 Å². The van der Waals surface area contributed by atoms with E-state index in [2.05, 4.69) is 15.6 Å². The zero-order valence-electron chi connectivity index (χ0n) is 7.99. The summed E-state index contributed by atoms with van der Waals surface area (Å²) in [4.78, 5) is 15.7. The molecular formula is C9H13N3OS. The normalized spacial score (nSPS) is 18.6. The Balaban J connectivity index is 1.88. The zero-order chi connectivity index (χ0) is 9.97. The van der Waals surface area contributed by atoms with Crippen molar-refractivity contribution in [2.24, 2.45) is 11.8 Å². The fourth-order valence-corrected chi connectivity index (χ4v) is 1.91. The molecule has 1 aromatic heterocycles. The van der Waals surface area contributed by atoms with Gasteiger partial charge < -0.3 is 10.6 Å². The van der Waals surface area contributed by atoms with Crippen LogP contribution < -0.4 is 10.6 Å². The average Bonchev–Trinajstić information content (AvgIpc) is 2.53. The first-order valence-corrected chi connectivity index (χ1v) is 5.56. The predicted molar refractivity (Wildman–Crippen MR) is 56.3 cm³/mol. The lowest BCUT2D eigenvalue weighted by molar-refractivity contribution is -0.121. The number of anilines is 1. The summed E-state index contributed by atoms with van der Waals surface area (Å²) >= 11 is 1.45. The third-order valence-electron chi connectivity index (χ3n) is 2.60. The first-order valence-electron chi connectivity index (χ1n) is 4.68. The van der Waals surface area contributed by atoms with E-state index in [1.807, 2.05) is 12.3 Å². The molecule has 1 amide bonds. The summed E-state index contributed by atoms with van der Waals surface area (Å²) in [5.41, 5.74) is 0. The number of carbonyl (C=O) groups is 1. The Morgan fingerprint density at radius 2 is 2.57 bits per heavy atom. The number of rotatable bonds is 3. The minimum absolute atomic E-state index is 0.0696. The highest BCUT2D eigenvalue weighted by Crippen LogP contribution is 2.19. The Labute approximate surface area is 86.7 Å². The molecule has 0 bridgehead atoms.